The summed E-state index contributed by atoms with van der Waals surface area (Å²) >= 11 is 0. The molecule has 2 aromatic heterocycles. The van der Waals surface area contributed by atoms with Gasteiger partial charge in [0.15, 0.2) is 0 Å². The van der Waals surface area contributed by atoms with Crippen molar-refractivity contribution in [3.63, 3.8) is 0 Å². The molecule has 6 rings (SSSR count). The van der Waals surface area contributed by atoms with Gasteiger partial charge in [-0.2, -0.15) is 9.40 Å². The second kappa shape index (κ2) is 12.8. The summed E-state index contributed by atoms with van der Waals surface area (Å²) in [5.74, 6) is 0.875. The maximum Gasteiger partial charge on any atom is 0.336 e. The van der Waals surface area contributed by atoms with Crippen LogP contribution in [0.2, 0.25) is 0 Å². The molecule has 3 heterocycles. The second-order valence-electron chi connectivity index (χ2n) is 13.2. The van der Waals surface area contributed by atoms with E-state index in [1.807, 2.05) is 61.5 Å². The van der Waals surface area contributed by atoms with Gasteiger partial charge >= 0.3 is 11.7 Å². The average molecular weight is 654 g/mol. The zero-order valence-electron chi connectivity index (χ0n) is 27.0. The number of fused-ring (bicyclic) bond motifs is 1. The minimum Gasteiger partial charge on any atom is -0.423 e. The first-order chi connectivity index (χ1) is 22.3. The highest BCUT2D eigenvalue weighted by Gasteiger charge is 2.30. The predicted octanol–water partition coefficient (Wildman–Crippen LogP) is 6.87. The van der Waals surface area contributed by atoms with Crippen LogP contribution in [0, 0.1) is 12.8 Å². The number of aryl methyl sites for hydroxylation is 1. The molecule has 244 valence electrons. The van der Waals surface area contributed by atoms with Gasteiger partial charge in [0.25, 0.3) is 0 Å². The molecule has 2 N–H and O–H groups in total. The van der Waals surface area contributed by atoms with Gasteiger partial charge < -0.3 is 9.73 Å². The van der Waals surface area contributed by atoms with E-state index in [-0.39, 0.29) is 16.3 Å². The van der Waals surface area contributed by atoms with Crippen LogP contribution in [0.3, 0.4) is 0 Å². The van der Waals surface area contributed by atoms with Crippen LogP contribution in [0.15, 0.2) is 99.0 Å². The maximum absolute atomic E-state index is 13.4. The highest BCUT2D eigenvalue weighted by molar-refractivity contribution is 7.89. The number of nitrogens with zero attached hydrogens (tertiary/aromatic N) is 3. The van der Waals surface area contributed by atoms with Crippen molar-refractivity contribution in [3.05, 3.63) is 112 Å². The van der Waals surface area contributed by atoms with Gasteiger partial charge in [0, 0.05) is 41.7 Å². The third-order valence-corrected chi connectivity index (χ3v) is 10.4. The van der Waals surface area contributed by atoms with Crippen molar-refractivity contribution in [2.45, 2.75) is 57.3 Å². The van der Waals surface area contributed by atoms with E-state index >= 15 is 0 Å². The average Bonchev–Trinajstić information content (AvgIpc) is 3.46. The summed E-state index contributed by atoms with van der Waals surface area (Å²) in [6.07, 6.45) is 2.22. The molecular weight excluding hydrogens is 614 g/mol. The summed E-state index contributed by atoms with van der Waals surface area (Å²) in [5.41, 5.74) is 4.28. The summed E-state index contributed by atoms with van der Waals surface area (Å²) in [4.78, 5) is 24.8. The predicted molar refractivity (Wildman–Crippen MR) is 184 cm³/mol. The van der Waals surface area contributed by atoms with Crippen molar-refractivity contribution in [2.75, 3.05) is 23.7 Å². The number of carbonyl (C=O) groups excluding carboxylic acids is 1. The molecule has 0 bridgehead atoms. The lowest BCUT2D eigenvalue weighted by Crippen LogP contribution is -2.38. The number of urea groups is 1. The summed E-state index contributed by atoms with van der Waals surface area (Å²) < 4.78 is 35.2. The first kappa shape index (κ1) is 32.2. The van der Waals surface area contributed by atoms with E-state index in [1.54, 1.807) is 16.8 Å². The number of carbonyl (C=O) groups is 1. The Kier molecular flexibility index (Phi) is 8.78. The molecule has 5 aromatic rings. The molecule has 10 nitrogen and oxygen atoms in total. The quantitative estimate of drug-likeness (QED) is 0.185. The number of anilines is 2. The number of hydrogen-bond acceptors (Lipinski definition) is 6. The van der Waals surface area contributed by atoms with E-state index in [0.717, 1.165) is 41.8 Å². The Labute approximate surface area is 274 Å². The molecule has 0 unspecified atom stereocenters. The molecule has 1 saturated heterocycles. The van der Waals surface area contributed by atoms with Crippen molar-refractivity contribution in [1.29, 1.82) is 0 Å². The molecule has 47 heavy (non-hydrogen) atoms. The number of hydrogen-bond donors (Lipinski definition) is 2. The van der Waals surface area contributed by atoms with Crippen LogP contribution in [0.1, 0.15) is 50.4 Å². The molecule has 3 aromatic carbocycles. The molecule has 1 aliphatic heterocycles. The minimum atomic E-state index is -3.68. The molecule has 1 aliphatic rings. The summed E-state index contributed by atoms with van der Waals surface area (Å²) in [5, 5.41) is 11.3. The Morgan fingerprint density at radius 1 is 0.936 bits per heavy atom. The fourth-order valence-corrected chi connectivity index (χ4v) is 7.33. The van der Waals surface area contributed by atoms with E-state index in [1.165, 1.54) is 22.5 Å². The zero-order valence-corrected chi connectivity index (χ0v) is 27.8. The molecule has 0 saturated carbocycles. The normalized spacial score (nSPS) is 14.7. The Morgan fingerprint density at radius 3 is 2.40 bits per heavy atom. The molecular formula is C36H39N5O5S. The molecule has 1 fully saturated rings. The topological polar surface area (TPSA) is 127 Å². The number of amides is 2. The van der Waals surface area contributed by atoms with Gasteiger partial charge in [0.1, 0.15) is 11.4 Å². The lowest BCUT2D eigenvalue weighted by atomic mass is 9.91. The molecule has 0 radical (unpaired) electrons. The number of rotatable bonds is 7. The van der Waals surface area contributed by atoms with Gasteiger partial charge in [0.2, 0.25) is 10.0 Å². The van der Waals surface area contributed by atoms with Crippen LogP contribution in [-0.2, 0) is 21.9 Å². The Hall–Kier alpha value is -4.74. The molecule has 0 spiro atoms. The Balaban J connectivity index is 1.08. The number of nitrogens with one attached hydrogen (secondary N) is 2. The first-order valence-corrected chi connectivity index (χ1v) is 17.2. The second-order valence-corrected chi connectivity index (χ2v) is 15.1. The highest BCUT2D eigenvalue weighted by atomic mass is 32.2. The smallest absolute Gasteiger partial charge is 0.336 e. The van der Waals surface area contributed by atoms with Crippen LogP contribution in [-0.4, -0.2) is 41.6 Å². The van der Waals surface area contributed by atoms with Crippen LogP contribution in [0.5, 0.6) is 0 Å². The van der Waals surface area contributed by atoms with E-state index in [9.17, 15) is 18.0 Å². The number of benzene rings is 3. The minimum absolute atomic E-state index is 0.186. The third-order valence-electron chi connectivity index (χ3n) is 8.51. The van der Waals surface area contributed by atoms with Crippen LogP contribution < -0.4 is 16.3 Å². The van der Waals surface area contributed by atoms with Crippen molar-refractivity contribution in [3.8, 4) is 5.69 Å². The van der Waals surface area contributed by atoms with Crippen molar-refractivity contribution < 1.29 is 17.6 Å². The number of piperidine rings is 1. The Morgan fingerprint density at radius 2 is 1.68 bits per heavy atom. The molecule has 0 atom stereocenters. The van der Waals surface area contributed by atoms with Crippen LogP contribution in [0.25, 0.3) is 16.7 Å². The first-order valence-electron chi connectivity index (χ1n) is 15.7. The fourth-order valence-electron chi connectivity index (χ4n) is 5.82. The molecule has 2 amide bonds. The third kappa shape index (κ3) is 7.31. The van der Waals surface area contributed by atoms with E-state index in [2.05, 4.69) is 31.4 Å². The largest absolute Gasteiger partial charge is 0.423 e. The highest BCUT2D eigenvalue weighted by Crippen LogP contribution is 2.29. The lowest BCUT2D eigenvalue weighted by molar-refractivity contribution is 0.262. The van der Waals surface area contributed by atoms with Crippen LogP contribution in [0.4, 0.5) is 16.3 Å². The summed E-state index contributed by atoms with van der Waals surface area (Å²) in [6.45, 7) is 9.11. The van der Waals surface area contributed by atoms with Gasteiger partial charge in [-0.3, -0.25) is 5.32 Å². The van der Waals surface area contributed by atoms with Gasteiger partial charge in [-0.1, -0.05) is 50.6 Å². The van der Waals surface area contributed by atoms with Gasteiger partial charge in [-0.15, -0.1) is 0 Å². The molecule has 0 aliphatic carbocycles. The zero-order chi connectivity index (χ0) is 33.3. The van der Waals surface area contributed by atoms with Gasteiger partial charge in [-0.25, -0.2) is 22.7 Å². The van der Waals surface area contributed by atoms with E-state index < -0.39 is 15.6 Å². The lowest BCUT2D eigenvalue weighted by Gasteiger charge is -2.31. The van der Waals surface area contributed by atoms with Crippen LogP contribution >= 0.6 is 0 Å². The fraction of sp³-hybridized carbons (Fsp3) is 0.306. The number of aromatic nitrogens is 2. The SMILES string of the molecule is Cc1ccc(-n2nc(C(C)(C)C)cc2NC(=O)Nc2cccc(CC3CCN(S(=O)(=O)c4ccc5oc(=O)ccc5c4)CC3)c2)cc1. The van der Waals surface area contributed by atoms with Gasteiger partial charge in [0.05, 0.1) is 16.3 Å². The summed E-state index contributed by atoms with van der Waals surface area (Å²) in [6, 6.07) is 24.7. The van der Waals surface area contributed by atoms with Crippen molar-refractivity contribution in [1.82, 2.24) is 14.1 Å². The Bertz CT molecular complexity index is 2090. The standard InChI is InChI=1S/C36H39N5O5S/c1-24-8-11-29(12-9-24)41-33(23-32(39-41)36(2,3)4)38-35(43)37-28-7-5-6-26(21-28)20-25-16-18-40(19-17-25)47(44,45)30-13-14-31-27(22-30)10-15-34(42)46-31/h5-15,21-23,25H,16-20H2,1-4H3,(H2,37,38,43). The molecule has 11 heteroatoms. The van der Waals surface area contributed by atoms with E-state index in [4.69, 9.17) is 9.52 Å². The maximum atomic E-state index is 13.4. The monoisotopic (exact) mass is 653 g/mol. The van der Waals surface area contributed by atoms with Gasteiger partial charge in [-0.05, 0) is 86.2 Å². The number of sulfonamides is 1. The van der Waals surface area contributed by atoms with E-state index in [0.29, 0.717) is 41.5 Å². The van der Waals surface area contributed by atoms with Crippen molar-refractivity contribution in [2.24, 2.45) is 5.92 Å². The summed E-state index contributed by atoms with van der Waals surface area (Å²) in [7, 11) is -3.68. The van der Waals surface area contributed by atoms with Crippen molar-refractivity contribution >= 4 is 38.5 Å².